The summed E-state index contributed by atoms with van der Waals surface area (Å²) in [5.41, 5.74) is 1.99. The van der Waals surface area contributed by atoms with Crippen LogP contribution in [0.25, 0.3) is 6.08 Å². The average Bonchev–Trinajstić information content (AvgIpc) is 2.78. The maximum Gasteiger partial charge on any atom is 0.191 e. The quantitative estimate of drug-likeness (QED) is 0.545. The van der Waals surface area contributed by atoms with Crippen LogP contribution in [0.2, 0.25) is 0 Å². The second kappa shape index (κ2) is 7.76. The van der Waals surface area contributed by atoms with Gasteiger partial charge in [0.25, 0.3) is 0 Å². The first-order valence-corrected chi connectivity index (χ1v) is 9.45. The maximum absolute atomic E-state index is 6.55. The molecule has 1 aromatic rings. The van der Waals surface area contributed by atoms with Crippen LogP contribution in [-0.2, 0) is 0 Å². The Kier molecular flexibility index (Phi) is 6.12. The summed E-state index contributed by atoms with van der Waals surface area (Å²) in [6.45, 7) is 13.6. The summed E-state index contributed by atoms with van der Waals surface area (Å²) < 4.78 is 7.63. The molecule has 0 N–H and O–H groups in total. The number of allylic oxidation sites excluding steroid dienone is 3. The van der Waals surface area contributed by atoms with Crippen molar-refractivity contribution in [1.82, 2.24) is 4.90 Å². The summed E-state index contributed by atoms with van der Waals surface area (Å²) in [5.74, 6) is 0.945. The lowest BCUT2D eigenvalue weighted by atomic mass is 9.76. The Morgan fingerprint density at radius 2 is 2.04 bits per heavy atom. The van der Waals surface area contributed by atoms with Gasteiger partial charge in [0.2, 0.25) is 0 Å². The fourth-order valence-corrected chi connectivity index (χ4v) is 3.93. The summed E-state index contributed by atoms with van der Waals surface area (Å²) in [7, 11) is 2.14. The van der Waals surface area contributed by atoms with Gasteiger partial charge in [0.1, 0.15) is 5.75 Å². The van der Waals surface area contributed by atoms with Gasteiger partial charge >= 0.3 is 0 Å². The minimum Gasteiger partial charge on any atom is -0.467 e. The van der Waals surface area contributed by atoms with E-state index in [0.717, 1.165) is 28.8 Å². The van der Waals surface area contributed by atoms with E-state index >= 15 is 0 Å². The Morgan fingerprint density at radius 3 is 2.72 bits per heavy atom. The fourth-order valence-electron chi connectivity index (χ4n) is 3.55. The SMILES string of the molecule is C=C.CC/C=C\C=C1/CN(C)C2(C=Cc3cc(Br)ccc3O2)C1(C)C. The lowest BCUT2D eigenvalue weighted by Crippen LogP contribution is -2.54. The van der Waals surface area contributed by atoms with E-state index in [1.807, 2.05) is 12.1 Å². The molecular weight excluding hydrogens is 374 g/mol. The normalized spacial score (nSPS) is 25.7. The molecule has 1 fully saturated rings. The molecule has 3 rings (SSSR count). The van der Waals surface area contributed by atoms with Crippen molar-refractivity contribution in [2.24, 2.45) is 5.41 Å². The summed E-state index contributed by atoms with van der Waals surface area (Å²) in [6.07, 6.45) is 12.1. The molecule has 2 aliphatic rings. The molecule has 0 saturated carbocycles. The van der Waals surface area contributed by atoms with Crippen molar-refractivity contribution in [3.8, 4) is 5.75 Å². The van der Waals surface area contributed by atoms with Crippen LogP contribution in [0.1, 0.15) is 32.8 Å². The largest absolute Gasteiger partial charge is 0.467 e. The van der Waals surface area contributed by atoms with Gasteiger partial charge in [-0.3, -0.25) is 4.90 Å². The van der Waals surface area contributed by atoms with E-state index in [1.165, 1.54) is 5.57 Å². The molecule has 1 atom stereocenters. The summed E-state index contributed by atoms with van der Waals surface area (Å²) in [5, 5.41) is 0. The zero-order valence-corrected chi connectivity index (χ0v) is 17.3. The highest BCUT2D eigenvalue weighted by Gasteiger charge is 2.57. The predicted octanol–water partition coefficient (Wildman–Crippen LogP) is 6.22. The third-order valence-corrected chi connectivity index (χ3v) is 5.56. The Balaban J connectivity index is 0.00000109. The van der Waals surface area contributed by atoms with Crippen molar-refractivity contribution in [3.05, 3.63) is 71.3 Å². The number of likely N-dealkylation sites (tertiary alicyclic amines) is 1. The van der Waals surface area contributed by atoms with Gasteiger partial charge in [-0.1, -0.05) is 54.9 Å². The molecule has 0 radical (unpaired) electrons. The molecule has 1 aromatic carbocycles. The van der Waals surface area contributed by atoms with Crippen molar-refractivity contribution in [2.45, 2.75) is 32.9 Å². The van der Waals surface area contributed by atoms with E-state index in [-0.39, 0.29) is 5.41 Å². The maximum atomic E-state index is 6.55. The summed E-state index contributed by atoms with van der Waals surface area (Å²) >= 11 is 3.53. The average molecular weight is 402 g/mol. The Labute approximate surface area is 160 Å². The molecule has 2 aliphatic heterocycles. The lowest BCUT2D eigenvalue weighted by molar-refractivity contribution is -0.0622. The Morgan fingerprint density at radius 1 is 1.32 bits per heavy atom. The Hall–Kier alpha value is -1.58. The van der Waals surface area contributed by atoms with Crippen LogP contribution in [0.15, 0.2) is 65.7 Å². The highest BCUT2D eigenvalue weighted by Crippen LogP contribution is 2.52. The topological polar surface area (TPSA) is 12.5 Å². The van der Waals surface area contributed by atoms with E-state index in [1.54, 1.807) is 0 Å². The minimum atomic E-state index is -0.431. The van der Waals surface area contributed by atoms with Gasteiger partial charge in [-0.2, -0.15) is 0 Å². The molecule has 0 aromatic heterocycles. The van der Waals surface area contributed by atoms with Crippen LogP contribution < -0.4 is 4.74 Å². The smallest absolute Gasteiger partial charge is 0.191 e. The third-order valence-electron chi connectivity index (χ3n) is 5.07. The van der Waals surface area contributed by atoms with Crippen LogP contribution in [0.3, 0.4) is 0 Å². The number of benzene rings is 1. The fraction of sp³-hybridized carbons (Fsp3) is 0.364. The highest BCUT2D eigenvalue weighted by atomic mass is 79.9. The highest BCUT2D eigenvalue weighted by molar-refractivity contribution is 9.10. The Bertz CT molecular complexity index is 717. The number of likely N-dealkylation sites (N-methyl/N-ethyl adjacent to an activating group) is 1. The molecule has 0 aliphatic carbocycles. The van der Waals surface area contributed by atoms with E-state index in [0.29, 0.717) is 0 Å². The van der Waals surface area contributed by atoms with Crippen molar-refractivity contribution < 1.29 is 4.74 Å². The first kappa shape index (κ1) is 19.7. The summed E-state index contributed by atoms with van der Waals surface area (Å²) in [6, 6.07) is 6.18. The standard InChI is InChI=1S/C20H24BrNO.C2H4/c1-5-6-7-8-16-14-22(4)20(19(16,2)3)12-11-15-13-17(21)9-10-18(15)23-20;1-2/h6-13H,5,14H2,1-4H3;1-2H2/b7-6-,16-8+;. The van der Waals surface area contributed by atoms with Crippen LogP contribution >= 0.6 is 15.9 Å². The zero-order valence-electron chi connectivity index (χ0n) is 15.7. The second-order valence-corrected chi connectivity index (χ2v) is 7.74. The second-order valence-electron chi connectivity index (χ2n) is 6.82. The van der Waals surface area contributed by atoms with Gasteiger partial charge in [-0.25, -0.2) is 0 Å². The molecule has 25 heavy (non-hydrogen) atoms. The molecule has 2 heterocycles. The minimum absolute atomic E-state index is 0.0961. The van der Waals surface area contributed by atoms with Gasteiger partial charge in [-0.15, -0.1) is 13.2 Å². The van der Waals surface area contributed by atoms with Crippen molar-refractivity contribution >= 4 is 22.0 Å². The first-order valence-electron chi connectivity index (χ1n) is 8.66. The number of hydrogen-bond donors (Lipinski definition) is 0. The molecule has 1 spiro atoms. The van der Waals surface area contributed by atoms with E-state index in [9.17, 15) is 0 Å². The first-order chi connectivity index (χ1) is 11.9. The molecule has 0 amide bonds. The number of hydrogen-bond acceptors (Lipinski definition) is 2. The van der Waals surface area contributed by atoms with Gasteiger partial charge in [0, 0.05) is 22.0 Å². The van der Waals surface area contributed by atoms with Crippen molar-refractivity contribution in [3.63, 3.8) is 0 Å². The molecular formula is C22H28BrNO. The van der Waals surface area contributed by atoms with Gasteiger partial charge < -0.3 is 4.74 Å². The van der Waals surface area contributed by atoms with Gasteiger partial charge in [0.15, 0.2) is 5.72 Å². The van der Waals surface area contributed by atoms with Gasteiger partial charge in [0.05, 0.1) is 0 Å². The molecule has 3 heteroatoms. The summed E-state index contributed by atoms with van der Waals surface area (Å²) in [4.78, 5) is 2.31. The van der Waals surface area contributed by atoms with Gasteiger partial charge in [-0.05, 0) is 49.4 Å². The van der Waals surface area contributed by atoms with E-state index < -0.39 is 5.72 Å². The molecule has 1 saturated heterocycles. The molecule has 134 valence electrons. The zero-order chi connectivity index (χ0) is 18.7. The molecule has 2 nitrogen and oxygen atoms in total. The number of halogens is 1. The molecule has 1 unspecified atom stereocenters. The van der Waals surface area contributed by atoms with Crippen molar-refractivity contribution in [2.75, 3.05) is 13.6 Å². The van der Waals surface area contributed by atoms with E-state index in [2.05, 4.69) is 98.3 Å². The van der Waals surface area contributed by atoms with Crippen LogP contribution in [-0.4, -0.2) is 24.2 Å². The predicted molar refractivity (Wildman–Crippen MR) is 112 cm³/mol. The van der Waals surface area contributed by atoms with Crippen LogP contribution in [0.5, 0.6) is 5.75 Å². The lowest BCUT2D eigenvalue weighted by Gasteiger charge is -2.45. The van der Waals surface area contributed by atoms with E-state index in [4.69, 9.17) is 4.74 Å². The number of nitrogens with zero attached hydrogens (tertiary/aromatic N) is 1. The van der Waals surface area contributed by atoms with Crippen LogP contribution in [0.4, 0.5) is 0 Å². The number of fused-ring (bicyclic) bond motifs is 1. The monoisotopic (exact) mass is 401 g/mol. The number of ether oxygens (including phenoxy) is 1. The van der Waals surface area contributed by atoms with Crippen molar-refractivity contribution in [1.29, 1.82) is 0 Å². The third kappa shape index (κ3) is 3.40. The molecule has 0 bridgehead atoms. The van der Waals surface area contributed by atoms with Crippen LogP contribution in [0, 0.1) is 5.41 Å². The number of rotatable bonds is 2.